The van der Waals surface area contributed by atoms with Crippen LogP contribution in [0.25, 0.3) is 6.20 Å². The van der Waals surface area contributed by atoms with E-state index in [1.54, 1.807) is 10.8 Å². The lowest BCUT2D eigenvalue weighted by Crippen LogP contribution is -2.32. The zero-order valence-corrected chi connectivity index (χ0v) is 26.5. The molecule has 2 aliphatic heterocycles. The maximum atomic E-state index is 12.5. The summed E-state index contributed by atoms with van der Waals surface area (Å²) in [6, 6.07) is 16.0. The number of fused-ring (bicyclic) bond motifs is 2. The average molecular weight is 605 g/mol. The maximum absolute atomic E-state index is 12.5. The molecule has 2 aliphatic rings. The highest BCUT2D eigenvalue weighted by Crippen LogP contribution is 2.18. The Balaban J connectivity index is 0.000000178. The SMILES string of the molecule is CC(C)c1cccc(CC(=O)c2cnc3n(c2=O)C=CC3)c1.CC(C)c1cccc(CC(=O)c2cnc3n(c2=O)CCCC3)c1. The van der Waals surface area contributed by atoms with Crippen LogP contribution in [0.5, 0.6) is 0 Å². The fourth-order valence-electron chi connectivity index (χ4n) is 5.65. The molecule has 0 saturated heterocycles. The van der Waals surface area contributed by atoms with E-state index in [2.05, 4.69) is 49.8 Å². The number of benzene rings is 2. The standard InChI is InChI=1S/C19H22N2O2.C18H18N2O2/c1-13(2)15-7-5-6-14(10-15)11-17(22)16-12-20-18-8-3-4-9-21(18)19(16)23;1-12(2)14-6-3-5-13(9-14)10-16(21)15-11-19-17-7-4-8-20(17)18(15)22/h5-7,10,12-13H,3-4,8-9,11H2,1-2H3;3-6,8-9,11-12H,7,10H2,1-2H3. The molecule has 8 nitrogen and oxygen atoms in total. The van der Waals surface area contributed by atoms with Crippen LogP contribution >= 0.6 is 0 Å². The molecule has 0 radical (unpaired) electrons. The summed E-state index contributed by atoms with van der Waals surface area (Å²) in [6.45, 7) is 9.15. The number of aromatic nitrogens is 4. The summed E-state index contributed by atoms with van der Waals surface area (Å²) in [4.78, 5) is 58.4. The van der Waals surface area contributed by atoms with E-state index in [1.807, 2.05) is 42.5 Å². The van der Waals surface area contributed by atoms with Crippen LogP contribution in [0.1, 0.15) is 107 Å². The molecular formula is C37H40N4O4. The molecule has 8 heteroatoms. The van der Waals surface area contributed by atoms with E-state index >= 15 is 0 Å². The Bertz CT molecular complexity index is 1880. The number of hydrogen-bond acceptors (Lipinski definition) is 6. The molecule has 0 bridgehead atoms. The number of nitrogens with zero attached hydrogens (tertiary/aromatic N) is 4. The van der Waals surface area contributed by atoms with Crippen molar-refractivity contribution >= 4 is 17.8 Å². The Hall–Kier alpha value is -4.72. The second-order valence-corrected chi connectivity index (χ2v) is 12.4. The van der Waals surface area contributed by atoms with Gasteiger partial charge in [-0.2, -0.15) is 0 Å². The Morgan fingerprint density at radius 2 is 1.31 bits per heavy atom. The minimum Gasteiger partial charge on any atom is -0.296 e. The summed E-state index contributed by atoms with van der Waals surface area (Å²) in [5.41, 5.74) is 4.19. The van der Waals surface area contributed by atoms with Gasteiger partial charge in [-0.3, -0.25) is 28.3 Å². The van der Waals surface area contributed by atoms with Crippen molar-refractivity contribution < 1.29 is 9.59 Å². The van der Waals surface area contributed by atoms with Crippen molar-refractivity contribution in [1.29, 1.82) is 0 Å². The third kappa shape index (κ3) is 7.33. The average Bonchev–Trinajstić information content (AvgIpc) is 3.52. The van der Waals surface area contributed by atoms with Crippen LogP contribution in [0.3, 0.4) is 0 Å². The molecule has 2 aromatic carbocycles. The lowest BCUT2D eigenvalue weighted by molar-refractivity contribution is 0.0982. The molecule has 0 amide bonds. The number of rotatable bonds is 8. The largest absolute Gasteiger partial charge is 0.296 e. The van der Waals surface area contributed by atoms with Crippen molar-refractivity contribution in [2.75, 3.05) is 0 Å². The highest BCUT2D eigenvalue weighted by Gasteiger charge is 2.19. The van der Waals surface area contributed by atoms with Crippen LogP contribution in [-0.2, 0) is 32.2 Å². The minimum atomic E-state index is -0.274. The summed E-state index contributed by atoms with van der Waals surface area (Å²) in [7, 11) is 0. The van der Waals surface area contributed by atoms with Gasteiger partial charge in [-0.1, -0.05) is 82.3 Å². The fourth-order valence-corrected chi connectivity index (χ4v) is 5.65. The number of allylic oxidation sites excluding steroid dienone is 1. The quantitative estimate of drug-likeness (QED) is 0.230. The molecule has 0 saturated carbocycles. The Kier molecular flexibility index (Phi) is 9.81. The van der Waals surface area contributed by atoms with Crippen molar-refractivity contribution in [2.24, 2.45) is 0 Å². The van der Waals surface area contributed by atoms with E-state index in [0.29, 0.717) is 30.6 Å². The van der Waals surface area contributed by atoms with Gasteiger partial charge in [-0.15, -0.1) is 0 Å². The maximum Gasteiger partial charge on any atom is 0.268 e. The zero-order chi connectivity index (χ0) is 32.1. The van der Waals surface area contributed by atoms with Gasteiger partial charge in [0.25, 0.3) is 11.1 Å². The topological polar surface area (TPSA) is 104 Å². The van der Waals surface area contributed by atoms with E-state index in [0.717, 1.165) is 36.2 Å². The monoisotopic (exact) mass is 604 g/mol. The lowest BCUT2D eigenvalue weighted by atomic mass is 9.97. The van der Waals surface area contributed by atoms with Gasteiger partial charge in [0, 0.05) is 50.8 Å². The summed E-state index contributed by atoms with van der Waals surface area (Å²) in [5.74, 6) is 1.98. The number of carbonyl (C=O) groups is 2. The molecule has 0 spiro atoms. The van der Waals surface area contributed by atoms with Gasteiger partial charge in [-0.05, 0) is 46.9 Å². The molecule has 232 valence electrons. The van der Waals surface area contributed by atoms with Crippen molar-refractivity contribution in [3.8, 4) is 0 Å². The second kappa shape index (κ2) is 13.9. The number of aryl methyl sites for hydroxylation is 1. The first kappa shape index (κ1) is 31.7. The third-order valence-electron chi connectivity index (χ3n) is 8.35. The predicted molar refractivity (Wildman–Crippen MR) is 176 cm³/mol. The summed E-state index contributed by atoms with van der Waals surface area (Å²) in [6.07, 6.45) is 10.4. The van der Waals surface area contributed by atoms with E-state index < -0.39 is 0 Å². The normalized spacial score (nSPS) is 13.3. The first-order chi connectivity index (χ1) is 21.6. The molecule has 0 atom stereocenters. The first-order valence-corrected chi connectivity index (χ1v) is 15.7. The Labute approximate surface area is 263 Å². The molecule has 2 aromatic heterocycles. The van der Waals surface area contributed by atoms with Crippen molar-refractivity contribution in [3.05, 3.63) is 133 Å². The molecule has 45 heavy (non-hydrogen) atoms. The highest BCUT2D eigenvalue weighted by molar-refractivity contribution is 5.97. The molecule has 0 fully saturated rings. The second-order valence-electron chi connectivity index (χ2n) is 12.4. The molecule has 0 aliphatic carbocycles. The van der Waals surface area contributed by atoms with Gasteiger partial charge in [-0.25, -0.2) is 9.97 Å². The van der Waals surface area contributed by atoms with Gasteiger partial charge in [0.1, 0.15) is 22.8 Å². The van der Waals surface area contributed by atoms with Crippen molar-refractivity contribution in [1.82, 2.24) is 19.1 Å². The van der Waals surface area contributed by atoms with Gasteiger partial charge in [0.05, 0.1) is 0 Å². The molecule has 0 N–H and O–H groups in total. The van der Waals surface area contributed by atoms with Crippen LogP contribution in [0.15, 0.2) is 76.6 Å². The minimum absolute atomic E-state index is 0.149. The molecule has 4 heterocycles. The van der Waals surface area contributed by atoms with Crippen LogP contribution in [0.4, 0.5) is 0 Å². The number of hydrogen-bond donors (Lipinski definition) is 0. The van der Waals surface area contributed by atoms with E-state index in [4.69, 9.17) is 0 Å². The smallest absolute Gasteiger partial charge is 0.268 e. The van der Waals surface area contributed by atoms with Crippen LogP contribution in [0.2, 0.25) is 0 Å². The van der Waals surface area contributed by atoms with Gasteiger partial charge >= 0.3 is 0 Å². The molecule has 6 rings (SSSR count). The first-order valence-electron chi connectivity index (χ1n) is 15.7. The van der Waals surface area contributed by atoms with Crippen LogP contribution < -0.4 is 11.1 Å². The molecule has 0 unspecified atom stereocenters. The zero-order valence-electron chi connectivity index (χ0n) is 26.5. The number of carbonyl (C=O) groups excluding carboxylic acids is 2. The van der Waals surface area contributed by atoms with E-state index in [9.17, 15) is 19.2 Å². The van der Waals surface area contributed by atoms with E-state index in [-0.39, 0.29) is 46.7 Å². The summed E-state index contributed by atoms with van der Waals surface area (Å²) < 4.78 is 3.12. The highest BCUT2D eigenvalue weighted by atomic mass is 16.2. The Morgan fingerprint density at radius 3 is 1.89 bits per heavy atom. The summed E-state index contributed by atoms with van der Waals surface area (Å²) in [5, 5.41) is 0. The van der Waals surface area contributed by atoms with E-state index in [1.165, 1.54) is 28.1 Å². The lowest BCUT2D eigenvalue weighted by Gasteiger charge is -2.17. The van der Waals surface area contributed by atoms with Crippen molar-refractivity contribution in [2.45, 2.75) is 84.6 Å². The van der Waals surface area contributed by atoms with Gasteiger partial charge in [0.15, 0.2) is 11.6 Å². The van der Waals surface area contributed by atoms with Gasteiger partial charge < -0.3 is 0 Å². The number of ketones is 2. The summed E-state index contributed by atoms with van der Waals surface area (Å²) >= 11 is 0. The molecule has 4 aromatic rings. The van der Waals surface area contributed by atoms with Crippen LogP contribution in [0, 0.1) is 0 Å². The predicted octanol–water partition coefficient (Wildman–Crippen LogP) is 5.95. The number of Topliss-reactive ketones (excluding diaryl/α,β-unsaturated/α-hetero) is 2. The third-order valence-corrected chi connectivity index (χ3v) is 8.35. The Morgan fingerprint density at radius 1 is 0.756 bits per heavy atom. The van der Waals surface area contributed by atoms with Gasteiger partial charge in [0.2, 0.25) is 0 Å². The van der Waals surface area contributed by atoms with Crippen molar-refractivity contribution in [3.63, 3.8) is 0 Å². The fraction of sp³-hybridized carbons (Fsp3) is 0.351. The molecular weight excluding hydrogens is 564 g/mol. The van der Waals surface area contributed by atoms with Crippen LogP contribution in [-0.4, -0.2) is 30.7 Å².